The molecule has 0 unspecified atom stereocenters. The van der Waals surface area contributed by atoms with Crippen LogP contribution >= 0.6 is 0 Å². The Kier molecular flexibility index (Phi) is 6.49. The van der Waals surface area contributed by atoms with Gasteiger partial charge in [-0.25, -0.2) is 4.79 Å². The van der Waals surface area contributed by atoms with Gasteiger partial charge in [0.15, 0.2) is 0 Å². The molecule has 0 N–H and O–H groups in total. The molecule has 0 radical (unpaired) electrons. The van der Waals surface area contributed by atoms with E-state index in [-0.39, 0.29) is 0 Å². The fourth-order valence-corrected chi connectivity index (χ4v) is 2.13. The van der Waals surface area contributed by atoms with E-state index in [4.69, 9.17) is 9.47 Å². The first-order valence-electron chi connectivity index (χ1n) is 7.75. The summed E-state index contributed by atoms with van der Waals surface area (Å²) < 4.78 is 10.2. The molecule has 0 aliphatic carbocycles. The number of hydrogen-bond acceptors (Lipinski definition) is 3. The second-order valence-corrected chi connectivity index (χ2v) is 5.18. The van der Waals surface area contributed by atoms with Gasteiger partial charge in [-0.05, 0) is 36.1 Å². The van der Waals surface area contributed by atoms with Crippen molar-refractivity contribution in [2.45, 2.75) is 32.6 Å². The highest BCUT2D eigenvalue weighted by Gasteiger charge is 2.06. The molecule has 0 spiro atoms. The van der Waals surface area contributed by atoms with E-state index >= 15 is 0 Å². The van der Waals surface area contributed by atoms with Crippen LogP contribution in [0, 0.1) is 0 Å². The molecule has 0 saturated heterocycles. The molecule has 0 amide bonds. The van der Waals surface area contributed by atoms with Crippen molar-refractivity contribution in [3.8, 4) is 5.75 Å². The Morgan fingerprint density at radius 2 is 1.59 bits per heavy atom. The number of unbranched alkanes of at least 4 members (excludes halogenated alkanes) is 1. The van der Waals surface area contributed by atoms with Gasteiger partial charge >= 0.3 is 6.16 Å². The third-order valence-corrected chi connectivity index (χ3v) is 3.40. The zero-order chi connectivity index (χ0) is 15.6. The van der Waals surface area contributed by atoms with Crippen molar-refractivity contribution in [2.75, 3.05) is 6.61 Å². The monoisotopic (exact) mass is 298 g/mol. The predicted molar refractivity (Wildman–Crippen MR) is 87.2 cm³/mol. The summed E-state index contributed by atoms with van der Waals surface area (Å²) in [6.07, 6.45) is 3.43. The van der Waals surface area contributed by atoms with Gasteiger partial charge in [0.2, 0.25) is 0 Å². The smallest absolute Gasteiger partial charge is 0.434 e. The minimum absolute atomic E-state index is 0.317. The summed E-state index contributed by atoms with van der Waals surface area (Å²) >= 11 is 0. The standard InChI is InChI=1S/C19H22O3/c1-2-3-7-17-10-12-18(13-11-17)22-19(20)21-15-14-16-8-5-4-6-9-16/h4-6,8-13H,2-3,7,14-15H2,1H3. The number of hydrogen-bond donors (Lipinski definition) is 0. The number of carbonyl (C=O) groups excluding carboxylic acids is 1. The van der Waals surface area contributed by atoms with Crippen LogP contribution in [0.4, 0.5) is 4.79 Å². The van der Waals surface area contributed by atoms with Crippen LogP contribution in [-0.4, -0.2) is 12.8 Å². The second-order valence-electron chi connectivity index (χ2n) is 5.18. The molecule has 0 aromatic heterocycles. The Bertz CT molecular complexity index is 561. The van der Waals surface area contributed by atoms with Crippen molar-refractivity contribution in [1.29, 1.82) is 0 Å². The third kappa shape index (κ3) is 5.60. The summed E-state index contributed by atoms with van der Waals surface area (Å²) in [5.41, 5.74) is 2.39. The number of benzene rings is 2. The van der Waals surface area contributed by atoms with Crippen molar-refractivity contribution in [3.63, 3.8) is 0 Å². The molecular formula is C19H22O3. The van der Waals surface area contributed by atoms with Crippen molar-refractivity contribution in [3.05, 3.63) is 65.7 Å². The summed E-state index contributed by atoms with van der Waals surface area (Å²) in [6.45, 7) is 2.49. The topological polar surface area (TPSA) is 35.5 Å². The molecule has 0 saturated carbocycles. The van der Waals surface area contributed by atoms with Gasteiger partial charge in [0, 0.05) is 6.42 Å². The van der Waals surface area contributed by atoms with Crippen LogP contribution in [0.1, 0.15) is 30.9 Å². The lowest BCUT2D eigenvalue weighted by atomic mass is 10.1. The minimum atomic E-state index is -0.655. The fourth-order valence-electron chi connectivity index (χ4n) is 2.13. The van der Waals surface area contributed by atoms with E-state index in [9.17, 15) is 4.79 Å². The maximum Gasteiger partial charge on any atom is 0.513 e. The maximum absolute atomic E-state index is 11.6. The predicted octanol–water partition coefficient (Wildman–Crippen LogP) is 4.79. The molecule has 0 heterocycles. The first-order chi connectivity index (χ1) is 10.8. The summed E-state index contributed by atoms with van der Waals surface area (Å²) in [4.78, 5) is 11.6. The molecule has 2 aromatic rings. The molecule has 0 aliphatic heterocycles. The van der Waals surface area contributed by atoms with Gasteiger partial charge in [0.1, 0.15) is 5.75 Å². The second kappa shape index (κ2) is 8.88. The van der Waals surface area contributed by atoms with Gasteiger partial charge in [-0.1, -0.05) is 55.8 Å². The van der Waals surface area contributed by atoms with Crippen molar-refractivity contribution < 1.29 is 14.3 Å². The molecule has 3 heteroatoms. The summed E-state index contributed by atoms with van der Waals surface area (Å²) in [5.74, 6) is 0.518. The first kappa shape index (κ1) is 16.1. The van der Waals surface area contributed by atoms with Crippen molar-refractivity contribution in [2.24, 2.45) is 0 Å². The quantitative estimate of drug-likeness (QED) is 0.544. The normalized spacial score (nSPS) is 10.2. The van der Waals surface area contributed by atoms with Gasteiger partial charge in [-0.3, -0.25) is 0 Å². The molecule has 2 rings (SSSR count). The van der Waals surface area contributed by atoms with Crippen LogP contribution in [0.15, 0.2) is 54.6 Å². The van der Waals surface area contributed by atoms with Gasteiger partial charge < -0.3 is 9.47 Å². The summed E-state index contributed by atoms with van der Waals surface area (Å²) in [7, 11) is 0. The van der Waals surface area contributed by atoms with Gasteiger partial charge in [0.25, 0.3) is 0 Å². The number of carbonyl (C=O) groups is 1. The molecule has 0 atom stereocenters. The zero-order valence-electron chi connectivity index (χ0n) is 13.0. The lowest BCUT2D eigenvalue weighted by molar-refractivity contribution is 0.100. The van der Waals surface area contributed by atoms with Crippen LogP contribution in [0.2, 0.25) is 0 Å². The molecular weight excluding hydrogens is 276 g/mol. The minimum Gasteiger partial charge on any atom is -0.434 e. The Hall–Kier alpha value is -2.29. The van der Waals surface area contributed by atoms with E-state index in [1.54, 1.807) is 0 Å². The third-order valence-electron chi connectivity index (χ3n) is 3.40. The van der Waals surface area contributed by atoms with Crippen LogP contribution in [0.5, 0.6) is 5.75 Å². The highest BCUT2D eigenvalue weighted by Crippen LogP contribution is 2.14. The van der Waals surface area contributed by atoms with E-state index in [1.807, 2.05) is 54.6 Å². The average molecular weight is 298 g/mol. The lowest BCUT2D eigenvalue weighted by Gasteiger charge is -2.07. The summed E-state index contributed by atoms with van der Waals surface area (Å²) in [5, 5.41) is 0. The van der Waals surface area contributed by atoms with Crippen LogP contribution in [0.3, 0.4) is 0 Å². The Balaban J connectivity index is 1.72. The largest absolute Gasteiger partial charge is 0.513 e. The molecule has 0 fully saturated rings. The van der Waals surface area contributed by atoms with Gasteiger partial charge in [-0.15, -0.1) is 0 Å². The van der Waals surface area contributed by atoms with Gasteiger partial charge in [-0.2, -0.15) is 0 Å². The zero-order valence-corrected chi connectivity index (χ0v) is 13.0. The Morgan fingerprint density at radius 1 is 0.909 bits per heavy atom. The van der Waals surface area contributed by atoms with E-state index < -0.39 is 6.16 Å². The highest BCUT2D eigenvalue weighted by molar-refractivity contribution is 5.63. The maximum atomic E-state index is 11.6. The molecule has 0 aliphatic rings. The summed E-state index contributed by atoms with van der Waals surface area (Å²) in [6, 6.07) is 17.5. The van der Waals surface area contributed by atoms with Crippen LogP contribution < -0.4 is 4.74 Å². The fraction of sp³-hybridized carbons (Fsp3) is 0.316. The molecule has 116 valence electrons. The van der Waals surface area contributed by atoms with E-state index in [0.29, 0.717) is 18.8 Å². The van der Waals surface area contributed by atoms with Crippen LogP contribution in [-0.2, 0) is 17.6 Å². The Labute approximate surface area is 131 Å². The van der Waals surface area contributed by atoms with E-state index in [2.05, 4.69) is 6.92 Å². The number of aryl methyl sites for hydroxylation is 1. The highest BCUT2D eigenvalue weighted by atomic mass is 16.7. The van der Waals surface area contributed by atoms with E-state index in [1.165, 1.54) is 18.4 Å². The van der Waals surface area contributed by atoms with Gasteiger partial charge in [0.05, 0.1) is 6.61 Å². The van der Waals surface area contributed by atoms with Crippen molar-refractivity contribution in [1.82, 2.24) is 0 Å². The number of ether oxygens (including phenoxy) is 2. The van der Waals surface area contributed by atoms with Crippen molar-refractivity contribution >= 4 is 6.16 Å². The first-order valence-corrected chi connectivity index (χ1v) is 7.75. The molecule has 22 heavy (non-hydrogen) atoms. The Morgan fingerprint density at radius 3 is 2.27 bits per heavy atom. The lowest BCUT2D eigenvalue weighted by Crippen LogP contribution is -2.12. The van der Waals surface area contributed by atoms with Crippen LogP contribution in [0.25, 0.3) is 0 Å². The number of rotatable bonds is 7. The molecule has 2 aromatic carbocycles. The van der Waals surface area contributed by atoms with E-state index in [0.717, 1.165) is 12.0 Å². The molecule has 0 bridgehead atoms. The SMILES string of the molecule is CCCCc1ccc(OC(=O)OCCc2ccccc2)cc1. The molecule has 3 nitrogen and oxygen atoms in total. The average Bonchev–Trinajstić information content (AvgIpc) is 2.55.